The van der Waals surface area contributed by atoms with Crippen LogP contribution in [0.1, 0.15) is 12.8 Å². The van der Waals surface area contributed by atoms with Crippen LogP contribution in [0.4, 0.5) is 5.69 Å². The SMILES string of the molecule is NOCC1CCN(c2ccccc2)CC1. The Labute approximate surface area is 90.8 Å². The van der Waals surface area contributed by atoms with Crippen molar-refractivity contribution in [1.82, 2.24) is 0 Å². The highest BCUT2D eigenvalue weighted by Crippen LogP contribution is 2.22. The van der Waals surface area contributed by atoms with E-state index in [-0.39, 0.29) is 0 Å². The molecule has 0 unspecified atom stereocenters. The maximum Gasteiger partial charge on any atom is 0.0708 e. The molecule has 82 valence electrons. The summed E-state index contributed by atoms with van der Waals surface area (Å²) < 4.78 is 0. The molecule has 0 atom stereocenters. The number of para-hydroxylation sites is 1. The second kappa shape index (κ2) is 5.14. The van der Waals surface area contributed by atoms with Crippen molar-refractivity contribution in [2.75, 3.05) is 24.6 Å². The number of rotatable bonds is 3. The van der Waals surface area contributed by atoms with Crippen LogP contribution in [-0.4, -0.2) is 19.7 Å². The molecule has 1 fully saturated rings. The summed E-state index contributed by atoms with van der Waals surface area (Å²) in [6.45, 7) is 2.92. The molecule has 2 rings (SSSR count). The summed E-state index contributed by atoms with van der Waals surface area (Å²) in [7, 11) is 0. The van der Waals surface area contributed by atoms with Gasteiger partial charge >= 0.3 is 0 Å². The Balaban J connectivity index is 1.88. The lowest BCUT2D eigenvalue weighted by atomic mass is 9.97. The van der Waals surface area contributed by atoms with Crippen LogP contribution >= 0.6 is 0 Å². The third kappa shape index (κ3) is 2.70. The molecule has 15 heavy (non-hydrogen) atoms. The molecule has 3 heteroatoms. The highest BCUT2D eigenvalue weighted by atomic mass is 16.6. The summed E-state index contributed by atoms with van der Waals surface area (Å²) in [5.74, 6) is 5.73. The number of anilines is 1. The van der Waals surface area contributed by atoms with E-state index in [0.717, 1.165) is 13.1 Å². The van der Waals surface area contributed by atoms with E-state index in [1.165, 1.54) is 18.5 Å². The van der Waals surface area contributed by atoms with E-state index in [4.69, 9.17) is 10.7 Å². The first-order valence-electron chi connectivity index (χ1n) is 5.52. The van der Waals surface area contributed by atoms with Crippen molar-refractivity contribution in [3.63, 3.8) is 0 Å². The summed E-state index contributed by atoms with van der Waals surface area (Å²) in [5, 5.41) is 0. The third-order valence-electron chi connectivity index (χ3n) is 3.07. The summed E-state index contributed by atoms with van der Waals surface area (Å²) in [5.41, 5.74) is 1.32. The molecule has 1 aliphatic heterocycles. The molecule has 3 nitrogen and oxygen atoms in total. The standard InChI is InChI=1S/C12H18N2O/c13-15-10-11-6-8-14(9-7-11)12-4-2-1-3-5-12/h1-5,11H,6-10,13H2. The highest BCUT2D eigenvalue weighted by Gasteiger charge is 2.18. The summed E-state index contributed by atoms with van der Waals surface area (Å²) in [6.07, 6.45) is 2.35. The van der Waals surface area contributed by atoms with E-state index in [1.54, 1.807) is 0 Å². The van der Waals surface area contributed by atoms with E-state index in [9.17, 15) is 0 Å². The maximum absolute atomic E-state index is 5.09. The van der Waals surface area contributed by atoms with Gasteiger partial charge in [0.2, 0.25) is 0 Å². The minimum atomic E-state index is 0.634. The fourth-order valence-electron chi connectivity index (χ4n) is 2.13. The van der Waals surface area contributed by atoms with E-state index < -0.39 is 0 Å². The molecule has 1 heterocycles. The molecule has 1 aromatic rings. The van der Waals surface area contributed by atoms with Gasteiger partial charge < -0.3 is 9.74 Å². The van der Waals surface area contributed by atoms with Crippen LogP contribution in [0.3, 0.4) is 0 Å². The van der Waals surface area contributed by atoms with Gasteiger partial charge in [-0.25, -0.2) is 5.90 Å². The van der Waals surface area contributed by atoms with Crippen LogP contribution < -0.4 is 10.8 Å². The van der Waals surface area contributed by atoms with Gasteiger partial charge in [0, 0.05) is 18.8 Å². The first kappa shape index (κ1) is 10.5. The molecular weight excluding hydrogens is 188 g/mol. The quantitative estimate of drug-likeness (QED) is 0.766. The smallest absolute Gasteiger partial charge is 0.0708 e. The zero-order valence-corrected chi connectivity index (χ0v) is 8.93. The van der Waals surface area contributed by atoms with Crippen LogP contribution in [-0.2, 0) is 4.84 Å². The molecule has 0 spiro atoms. The number of nitrogens with two attached hydrogens (primary N) is 1. The maximum atomic E-state index is 5.09. The van der Waals surface area contributed by atoms with Crippen LogP contribution in [0.25, 0.3) is 0 Å². The van der Waals surface area contributed by atoms with Gasteiger partial charge in [-0.2, -0.15) is 0 Å². The topological polar surface area (TPSA) is 38.5 Å². The zero-order chi connectivity index (χ0) is 10.5. The second-order valence-electron chi connectivity index (χ2n) is 4.10. The monoisotopic (exact) mass is 206 g/mol. The third-order valence-corrected chi connectivity index (χ3v) is 3.07. The number of hydrogen-bond acceptors (Lipinski definition) is 3. The van der Waals surface area contributed by atoms with Crippen LogP contribution in [0.2, 0.25) is 0 Å². The first-order chi connectivity index (χ1) is 7.40. The van der Waals surface area contributed by atoms with Gasteiger partial charge in [-0.05, 0) is 30.9 Å². The van der Waals surface area contributed by atoms with Crippen molar-refractivity contribution >= 4 is 5.69 Å². The zero-order valence-electron chi connectivity index (χ0n) is 8.93. The highest BCUT2D eigenvalue weighted by molar-refractivity contribution is 5.46. The summed E-state index contributed by atoms with van der Waals surface area (Å²) >= 11 is 0. The molecule has 0 bridgehead atoms. The fourth-order valence-corrected chi connectivity index (χ4v) is 2.13. The van der Waals surface area contributed by atoms with E-state index >= 15 is 0 Å². The van der Waals surface area contributed by atoms with E-state index in [0.29, 0.717) is 12.5 Å². The molecule has 1 aliphatic rings. The number of piperidine rings is 1. The van der Waals surface area contributed by atoms with Gasteiger partial charge in [0.15, 0.2) is 0 Å². The van der Waals surface area contributed by atoms with Crippen LogP contribution in [0.5, 0.6) is 0 Å². The Kier molecular flexibility index (Phi) is 3.59. The summed E-state index contributed by atoms with van der Waals surface area (Å²) in [6, 6.07) is 10.6. The van der Waals surface area contributed by atoms with Gasteiger partial charge in [-0.3, -0.25) is 0 Å². The molecule has 1 aromatic carbocycles. The Morgan fingerprint density at radius 1 is 1.20 bits per heavy atom. The lowest BCUT2D eigenvalue weighted by Crippen LogP contribution is -2.35. The van der Waals surface area contributed by atoms with Gasteiger partial charge in [0.25, 0.3) is 0 Å². The fraction of sp³-hybridized carbons (Fsp3) is 0.500. The van der Waals surface area contributed by atoms with Crippen molar-refractivity contribution < 1.29 is 4.84 Å². The summed E-state index contributed by atoms with van der Waals surface area (Å²) in [4.78, 5) is 7.13. The molecule has 1 saturated heterocycles. The van der Waals surface area contributed by atoms with Gasteiger partial charge in [-0.1, -0.05) is 18.2 Å². The Morgan fingerprint density at radius 2 is 1.87 bits per heavy atom. The molecular formula is C12H18N2O. The predicted octanol–water partition coefficient (Wildman–Crippen LogP) is 1.79. The van der Waals surface area contributed by atoms with Crippen LogP contribution in [0, 0.1) is 5.92 Å². The second-order valence-corrected chi connectivity index (χ2v) is 4.10. The van der Waals surface area contributed by atoms with Crippen molar-refractivity contribution in [3.8, 4) is 0 Å². The van der Waals surface area contributed by atoms with Crippen molar-refractivity contribution in [3.05, 3.63) is 30.3 Å². The lowest BCUT2D eigenvalue weighted by Gasteiger charge is -2.33. The van der Waals surface area contributed by atoms with E-state index in [1.807, 2.05) is 0 Å². The van der Waals surface area contributed by atoms with Gasteiger partial charge in [-0.15, -0.1) is 0 Å². The normalized spacial score (nSPS) is 18.1. The van der Waals surface area contributed by atoms with Crippen molar-refractivity contribution in [1.29, 1.82) is 0 Å². The Morgan fingerprint density at radius 3 is 2.47 bits per heavy atom. The van der Waals surface area contributed by atoms with Gasteiger partial charge in [0.1, 0.15) is 0 Å². The molecule has 0 aromatic heterocycles. The lowest BCUT2D eigenvalue weighted by molar-refractivity contribution is 0.0918. The molecule has 2 N–H and O–H groups in total. The molecule has 0 radical (unpaired) electrons. The predicted molar refractivity (Wildman–Crippen MR) is 61.5 cm³/mol. The van der Waals surface area contributed by atoms with Crippen LogP contribution in [0.15, 0.2) is 30.3 Å². The van der Waals surface area contributed by atoms with Crippen molar-refractivity contribution in [2.24, 2.45) is 11.8 Å². The molecule has 0 amide bonds. The molecule has 0 aliphatic carbocycles. The van der Waals surface area contributed by atoms with Gasteiger partial charge in [0.05, 0.1) is 6.61 Å². The number of benzene rings is 1. The largest absolute Gasteiger partial charge is 0.372 e. The average molecular weight is 206 g/mol. The van der Waals surface area contributed by atoms with Crippen molar-refractivity contribution in [2.45, 2.75) is 12.8 Å². The minimum Gasteiger partial charge on any atom is -0.372 e. The molecule has 0 saturated carbocycles. The minimum absolute atomic E-state index is 0.634. The number of hydrogen-bond donors (Lipinski definition) is 1. The first-order valence-corrected chi connectivity index (χ1v) is 5.52. The number of nitrogens with zero attached hydrogens (tertiary/aromatic N) is 1. The Hall–Kier alpha value is -1.06. The van der Waals surface area contributed by atoms with E-state index in [2.05, 4.69) is 35.2 Å². The average Bonchev–Trinajstić information content (AvgIpc) is 2.32. The Bertz CT molecular complexity index is 281.